The molecule has 1 fully saturated rings. The lowest BCUT2D eigenvalue weighted by atomic mass is 10.1. The van der Waals surface area contributed by atoms with Gasteiger partial charge >= 0.3 is 0 Å². The van der Waals surface area contributed by atoms with E-state index in [4.69, 9.17) is 4.74 Å². The molecule has 0 saturated heterocycles. The Kier molecular flexibility index (Phi) is 10.5. The van der Waals surface area contributed by atoms with Crippen LogP contribution in [0, 0.1) is 5.92 Å². The lowest BCUT2D eigenvalue weighted by Crippen LogP contribution is -2.43. The van der Waals surface area contributed by atoms with Crippen LogP contribution < -0.4 is 20.7 Å². The number of ether oxygens (including phenoxy) is 1. The molecule has 1 amide bonds. The first-order valence-corrected chi connectivity index (χ1v) is 10.2. The summed E-state index contributed by atoms with van der Waals surface area (Å²) in [7, 11) is 1.69. The molecule has 7 heteroatoms. The third-order valence-corrected chi connectivity index (χ3v) is 4.81. The first kappa shape index (κ1) is 24.0. The molecule has 2 aromatic rings. The smallest absolute Gasteiger partial charge is 0.239 e. The summed E-state index contributed by atoms with van der Waals surface area (Å²) in [5.41, 5.74) is 2.28. The molecule has 1 aliphatic carbocycles. The minimum Gasteiger partial charge on any atom is -0.493 e. The maximum absolute atomic E-state index is 12.1. The van der Waals surface area contributed by atoms with Gasteiger partial charge in [0.05, 0.1) is 13.2 Å². The van der Waals surface area contributed by atoms with E-state index in [9.17, 15) is 4.79 Å². The van der Waals surface area contributed by atoms with E-state index in [1.165, 1.54) is 18.4 Å². The molecule has 1 saturated carbocycles. The van der Waals surface area contributed by atoms with Crippen molar-refractivity contribution >= 4 is 35.8 Å². The second-order valence-electron chi connectivity index (χ2n) is 7.23. The van der Waals surface area contributed by atoms with Gasteiger partial charge in [-0.2, -0.15) is 0 Å². The predicted molar refractivity (Wildman–Crippen MR) is 131 cm³/mol. The number of para-hydroxylation sites is 1. The Hall–Kier alpha value is -2.29. The van der Waals surface area contributed by atoms with Crippen molar-refractivity contribution in [2.45, 2.75) is 25.8 Å². The highest BCUT2D eigenvalue weighted by molar-refractivity contribution is 14.0. The fraction of sp³-hybridized carbons (Fsp3) is 0.391. The molecule has 1 aliphatic rings. The van der Waals surface area contributed by atoms with Crippen molar-refractivity contribution in [3.8, 4) is 5.75 Å². The van der Waals surface area contributed by atoms with Gasteiger partial charge in [0.2, 0.25) is 5.91 Å². The van der Waals surface area contributed by atoms with E-state index in [-0.39, 0.29) is 36.4 Å². The zero-order valence-electron chi connectivity index (χ0n) is 17.4. The molecular weight excluding hydrogens is 491 g/mol. The summed E-state index contributed by atoms with van der Waals surface area (Å²) in [6, 6.07) is 18.1. The number of carbonyl (C=O) groups is 1. The van der Waals surface area contributed by atoms with Gasteiger partial charge in [-0.3, -0.25) is 9.79 Å². The third kappa shape index (κ3) is 8.61. The van der Waals surface area contributed by atoms with E-state index >= 15 is 0 Å². The second kappa shape index (κ2) is 13.1. The summed E-state index contributed by atoms with van der Waals surface area (Å²) in [5.74, 6) is 2.14. The highest BCUT2D eigenvalue weighted by Crippen LogP contribution is 2.30. The average Bonchev–Trinajstić information content (AvgIpc) is 3.58. The van der Waals surface area contributed by atoms with E-state index in [1.54, 1.807) is 7.05 Å². The van der Waals surface area contributed by atoms with Crippen molar-refractivity contribution in [1.82, 2.24) is 16.0 Å². The van der Waals surface area contributed by atoms with Crippen LogP contribution in [0.2, 0.25) is 0 Å². The van der Waals surface area contributed by atoms with Crippen molar-refractivity contribution < 1.29 is 9.53 Å². The molecule has 0 aliphatic heterocycles. The molecule has 0 unspecified atom stereocenters. The van der Waals surface area contributed by atoms with Gasteiger partial charge in [-0.1, -0.05) is 48.5 Å². The summed E-state index contributed by atoms with van der Waals surface area (Å²) < 4.78 is 5.94. The van der Waals surface area contributed by atoms with E-state index in [2.05, 4.69) is 33.1 Å². The maximum Gasteiger partial charge on any atom is 0.239 e. The van der Waals surface area contributed by atoms with Crippen LogP contribution in [0.1, 0.15) is 24.0 Å². The van der Waals surface area contributed by atoms with Crippen LogP contribution in [0.5, 0.6) is 5.75 Å². The molecule has 0 heterocycles. The Labute approximate surface area is 195 Å². The summed E-state index contributed by atoms with van der Waals surface area (Å²) in [4.78, 5) is 16.3. The minimum atomic E-state index is -0.0583. The molecule has 0 aromatic heterocycles. The minimum absolute atomic E-state index is 0. The zero-order chi connectivity index (χ0) is 20.3. The lowest BCUT2D eigenvalue weighted by Gasteiger charge is -2.15. The molecular formula is C23H31IN4O2. The number of nitrogens with one attached hydrogen (secondary N) is 3. The molecule has 30 heavy (non-hydrogen) atoms. The number of aliphatic imine (C=N–C) groups is 1. The number of benzene rings is 2. The molecule has 3 rings (SSSR count). The van der Waals surface area contributed by atoms with Gasteiger partial charge in [0, 0.05) is 25.7 Å². The van der Waals surface area contributed by atoms with Crippen molar-refractivity contribution in [2.75, 3.05) is 26.7 Å². The summed E-state index contributed by atoms with van der Waals surface area (Å²) in [6.45, 7) is 2.15. The fourth-order valence-electron chi connectivity index (χ4n) is 2.90. The van der Waals surface area contributed by atoms with E-state index < -0.39 is 0 Å². The Morgan fingerprint density at radius 2 is 1.77 bits per heavy atom. The van der Waals surface area contributed by atoms with E-state index in [1.807, 2.05) is 42.5 Å². The van der Waals surface area contributed by atoms with Crippen LogP contribution >= 0.6 is 24.0 Å². The SMILES string of the molecule is CN=C(NCC(=O)NCCc1ccccc1)NCc1ccccc1OCC1CC1.I. The number of rotatable bonds is 10. The topological polar surface area (TPSA) is 74.8 Å². The Morgan fingerprint density at radius 3 is 2.50 bits per heavy atom. The van der Waals surface area contributed by atoms with Gasteiger partial charge in [0.1, 0.15) is 5.75 Å². The van der Waals surface area contributed by atoms with Gasteiger partial charge in [0.25, 0.3) is 0 Å². The molecule has 162 valence electrons. The van der Waals surface area contributed by atoms with Crippen molar-refractivity contribution in [3.63, 3.8) is 0 Å². The van der Waals surface area contributed by atoms with Crippen LogP contribution in [0.3, 0.4) is 0 Å². The number of guanidine groups is 1. The summed E-state index contributed by atoms with van der Waals surface area (Å²) in [5, 5.41) is 9.22. The standard InChI is InChI=1S/C23H30N4O2.HI/c1-24-23(27-16-22(28)25-14-13-18-7-3-2-4-8-18)26-15-20-9-5-6-10-21(20)29-17-19-11-12-19;/h2-10,19H,11-17H2,1H3,(H,25,28)(H2,24,26,27);1H. The quantitative estimate of drug-likeness (QED) is 0.255. The largest absolute Gasteiger partial charge is 0.493 e. The van der Waals surface area contributed by atoms with Crippen molar-refractivity contribution in [2.24, 2.45) is 10.9 Å². The Balaban J connectivity index is 0.00000320. The average molecular weight is 522 g/mol. The number of halogens is 1. The second-order valence-corrected chi connectivity index (χ2v) is 7.23. The van der Waals surface area contributed by atoms with Crippen LogP contribution in [0.15, 0.2) is 59.6 Å². The first-order valence-electron chi connectivity index (χ1n) is 10.2. The van der Waals surface area contributed by atoms with Crippen LogP contribution in [-0.4, -0.2) is 38.6 Å². The monoisotopic (exact) mass is 522 g/mol. The van der Waals surface area contributed by atoms with Gasteiger partial charge in [-0.25, -0.2) is 0 Å². The summed E-state index contributed by atoms with van der Waals surface area (Å²) in [6.07, 6.45) is 3.35. The maximum atomic E-state index is 12.1. The number of amides is 1. The zero-order valence-corrected chi connectivity index (χ0v) is 19.7. The number of hydrogen-bond donors (Lipinski definition) is 3. The Bertz CT molecular complexity index is 810. The fourth-order valence-corrected chi connectivity index (χ4v) is 2.90. The normalized spacial score (nSPS) is 13.2. The van der Waals surface area contributed by atoms with Crippen LogP contribution in [0.4, 0.5) is 0 Å². The highest BCUT2D eigenvalue weighted by atomic mass is 127. The van der Waals surface area contributed by atoms with Gasteiger partial charge in [0.15, 0.2) is 5.96 Å². The van der Waals surface area contributed by atoms with E-state index in [0.717, 1.165) is 24.3 Å². The van der Waals surface area contributed by atoms with Crippen LogP contribution in [-0.2, 0) is 17.8 Å². The molecule has 2 aromatic carbocycles. The van der Waals surface area contributed by atoms with Crippen LogP contribution in [0.25, 0.3) is 0 Å². The van der Waals surface area contributed by atoms with Gasteiger partial charge in [-0.05, 0) is 36.8 Å². The number of hydrogen-bond acceptors (Lipinski definition) is 3. The lowest BCUT2D eigenvalue weighted by molar-refractivity contribution is -0.119. The predicted octanol–water partition coefficient (Wildman–Crippen LogP) is 3.12. The molecule has 3 N–H and O–H groups in total. The molecule has 0 atom stereocenters. The molecule has 0 bridgehead atoms. The molecule has 6 nitrogen and oxygen atoms in total. The molecule has 0 radical (unpaired) electrons. The van der Waals surface area contributed by atoms with Gasteiger partial charge < -0.3 is 20.7 Å². The van der Waals surface area contributed by atoms with Crippen molar-refractivity contribution in [3.05, 3.63) is 65.7 Å². The van der Waals surface area contributed by atoms with Crippen molar-refractivity contribution in [1.29, 1.82) is 0 Å². The first-order chi connectivity index (χ1) is 14.2. The highest BCUT2D eigenvalue weighted by Gasteiger charge is 2.22. The number of nitrogens with zero attached hydrogens (tertiary/aromatic N) is 1. The molecule has 0 spiro atoms. The third-order valence-electron chi connectivity index (χ3n) is 4.81. The number of carbonyl (C=O) groups excluding carboxylic acids is 1. The van der Waals surface area contributed by atoms with Gasteiger partial charge in [-0.15, -0.1) is 24.0 Å². The Morgan fingerprint density at radius 1 is 1.03 bits per heavy atom. The summed E-state index contributed by atoms with van der Waals surface area (Å²) >= 11 is 0. The van der Waals surface area contributed by atoms with E-state index in [0.29, 0.717) is 25.0 Å².